The zero-order chi connectivity index (χ0) is 20.8. The largest absolute Gasteiger partial charge is 0.416 e. The highest BCUT2D eigenvalue weighted by Crippen LogP contribution is 2.45. The third-order valence-corrected chi connectivity index (χ3v) is 7.51. The maximum atomic E-state index is 12.9. The van der Waals surface area contributed by atoms with E-state index in [1.54, 1.807) is 0 Å². The number of aromatic nitrogens is 1. The lowest BCUT2D eigenvalue weighted by molar-refractivity contribution is -0.137. The van der Waals surface area contributed by atoms with Crippen molar-refractivity contribution in [2.75, 3.05) is 5.32 Å². The summed E-state index contributed by atoms with van der Waals surface area (Å²) >= 11 is 1.06. The number of hydrogen-bond donors (Lipinski definition) is 2. The Morgan fingerprint density at radius 3 is 2.76 bits per heavy atom. The number of benzene rings is 1. The molecule has 1 heterocycles. The van der Waals surface area contributed by atoms with Crippen molar-refractivity contribution in [1.29, 1.82) is 0 Å². The third-order valence-electron chi connectivity index (χ3n) is 6.58. The van der Waals surface area contributed by atoms with Gasteiger partial charge in [-0.05, 0) is 67.6 Å². The fourth-order valence-corrected chi connectivity index (χ4v) is 6.17. The van der Waals surface area contributed by atoms with Gasteiger partial charge in [0.25, 0.3) is 0 Å². The molecule has 0 saturated heterocycles. The van der Waals surface area contributed by atoms with Gasteiger partial charge in [0, 0.05) is 6.04 Å². The molecule has 8 heteroatoms. The van der Waals surface area contributed by atoms with Crippen molar-refractivity contribution in [2.24, 2.45) is 23.7 Å². The van der Waals surface area contributed by atoms with Gasteiger partial charge in [0.05, 0.1) is 15.8 Å². The zero-order valence-corrected chi connectivity index (χ0v) is 17.4. The van der Waals surface area contributed by atoms with Crippen LogP contribution in [0.2, 0.25) is 0 Å². The number of rotatable bonds is 3. The topological polar surface area (TPSA) is 54.0 Å². The normalized spacial score (nSPS) is 29.6. The summed E-state index contributed by atoms with van der Waals surface area (Å²) < 4.78 is 39.1. The number of nitrogens with one attached hydrogen (secondary N) is 2. The predicted octanol–water partition coefficient (Wildman–Crippen LogP) is 6.29. The van der Waals surface area contributed by atoms with E-state index in [2.05, 4.69) is 29.5 Å². The molecule has 29 heavy (non-hydrogen) atoms. The van der Waals surface area contributed by atoms with Crippen LogP contribution in [0.25, 0.3) is 10.2 Å². The Balaban J connectivity index is 1.44. The molecule has 5 unspecified atom stereocenters. The van der Waals surface area contributed by atoms with E-state index in [1.165, 1.54) is 25.3 Å². The van der Waals surface area contributed by atoms with Gasteiger partial charge in [0.2, 0.25) is 0 Å². The first-order chi connectivity index (χ1) is 13.7. The Kier molecular flexibility index (Phi) is 5.48. The number of nitrogens with zero attached hydrogens (tertiary/aromatic N) is 1. The fraction of sp³-hybridized carbons (Fsp3) is 0.619. The Bertz CT molecular complexity index is 895. The van der Waals surface area contributed by atoms with E-state index < -0.39 is 11.7 Å². The Labute approximate surface area is 172 Å². The lowest BCUT2D eigenvalue weighted by Gasteiger charge is -2.47. The zero-order valence-electron chi connectivity index (χ0n) is 16.6. The van der Waals surface area contributed by atoms with Gasteiger partial charge in [-0.1, -0.05) is 31.6 Å². The second-order valence-electron chi connectivity index (χ2n) is 8.64. The van der Waals surface area contributed by atoms with E-state index in [0.29, 0.717) is 27.2 Å². The van der Waals surface area contributed by atoms with Crippen LogP contribution in [-0.4, -0.2) is 17.1 Å². The van der Waals surface area contributed by atoms with Crippen LogP contribution >= 0.6 is 11.3 Å². The van der Waals surface area contributed by atoms with Gasteiger partial charge in [-0.3, -0.25) is 5.32 Å². The molecule has 2 aliphatic rings. The molecule has 2 amide bonds. The van der Waals surface area contributed by atoms with E-state index >= 15 is 0 Å². The van der Waals surface area contributed by atoms with Crippen LogP contribution in [0, 0.1) is 23.7 Å². The van der Waals surface area contributed by atoms with Crippen molar-refractivity contribution >= 4 is 32.7 Å². The lowest BCUT2D eigenvalue weighted by atomic mass is 9.62. The van der Waals surface area contributed by atoms with Gasteiger partial charge in [-0.2, -0.15) is 13.2 Å². The first-order valence-electron chi connectivity index (χ1n) is 10.3. The van der Waals surface area contributed by atoms with Crippen molar-refractivity contribution in [1.82, 2.24) is 10.3 Å². The number of anilines is 1. The van der Waals surface area contributed by atoms with E-state index in [0.717, 1.165) is 48.1 Å². The van der Waals surface area contributed by atoms with Crippen LogP contribution in [0.15, 0.2) is 18.2 Å². The standard InChI is InChI=1S/C21H26F3N3OS/c1-3-12-7-13-6-11(2)18(14(8-12)9-13)26-19(28)27-20-25-16-5-4-15(21(22,23)24)10-17(16)29-20/h4-5,10-14,18H,3,6-9H2,1-2H3,(H2,25,26,27,28). The van der Waals surface area contributed by atoms with Gasteiger partial charge in [-0.25, -0.2) is 9.78 Å². The molecule has 2 saturated carbocycles. The second kappa shape index (κ2) is 7.78. The summed E-state index contributed by atoms with van der Waals surface area (Å²) in [5.41, 5.74) is -0.261. The first kappa shape index (κ1) is 20.4. The summed E-state index contributed by atoms with van der Waals surface area (Å²) in [4.78, 5) is 16.9. The van der Waals surface area contributed by atoms with Crippen LogP contribution in [0.5, 0.6) is 0 Å². The van der Waals surface area contributed by atoms with Crippen LogP contribution in [0.4, 0.5) is 23.1 Å². The maximum absolute atomic E-state index is 12.9. The van der Waals surface area contributed by atoms with E-state index in [-0.39, 0.29) is 12.1 Å². The number of halogens is 3. The summed E-state index contributed by atoms with van der Waals surface area (Å²) in [5.74, 6) is 2.43. The van der Waals surface area contributed by atoms with Gasteiger partial charge in [-0.15, -0.1) is 0 Å². The van der Waals surface area contributed by atoms with Crippen LogP contribution in [0.3, 0.4) is 0 Å². The number of thiazole rings is 1. The van der Waals surface area contributed by atoms with Crippen molar-refractivity contribution in [3.8, 4) is 0 Å². The average Bonchev–Trinajstić information content (AvgIpc) is 3.05. The van der Waals surface area contributed by atoms with Crippen molar-refractivity contribution in [2.45, 2.75) is 58.2 Å². The highest BCUT2D eigenvalue weighted by Gasteiger charge is 2.41. The highest BCUT2D eigenvalue weighted by molar-refractivity contribution is 7.22. The third kappa shape index (κ3) is 4.37. The molecule has 2 aliphatic carbocycles. The minimum atomic E-state index is -4.39. The summed E-state index contributed by atoms with van der Waals surface area (Å²) in [7, 11) is 0. The van der Waals surface area contributed by atoms with Crippen LogP contribution < -0.4 is 10.6 Å². The number of carbonyl (C=O) groups is 1. The molecule has 1 aromatic heterocycles. The maximum Gasteiger partial charge on any atom is 0.416 e. The van der Waals surface area contributed by atoms with E-state index in [9.17, 15) is 18.0 Å². The number of amides is 2. The summed E-state index contributed by atoms with van der Waals surface area (Å²) in [6.07, 6.45) is 1.57. The van der Waals surface area contributed by atoms with Crippen LogP contribution in [0.1, 0.15) is 51.5 Å². The molecule has 4 nitrogen and oxygen atoms in total. The second-order valence-corrected chi connectivity index (χ2v) is 9.67. The first-order valence-corrected chi connectivity index (χ1v) is 11.1. The Morgan fingerprint density at radius 2 is 2.03 bits per heavy atom. The molecule has 0 aliphatic heterocycles. The SMILES string of the molecule is CCC1CC2CC(C)C(NC(=O)Nc3nc4ccc(C(F)(F)F)cc4s3)C(C1)C2. The molecule has 1 aromatic carbocycles. The molecule has 4 rings (SSSR count). The summed E-state index contributed by atoms with van der Waals surface area (Å²) in [6, 6.07) is 3.24. The van der Waals surface area contributed by atoms with Gasteiger partial charge < -0.3 is 5.32 Å². The average molecular weight is 426 g/mol. The lowest BCUT2D eigenvalue weighted by Crippen LogP contribution is -2.51. The molecule has 0 radical (unpaired) electrons. The molecule has 2 aromatic rings. The minimum absolute atomic E-state index is 0.131. The number of hydrogen-bond acceptors (Lipinski definition) is 3. The van der Waals surface area contributed by atoms with Crippen molar-refractivity contribution in [3.05, 3.63) is 23.8 Å². The van der Waals surface area contributed by atoms with Crippen molar-refractivity contribution in [3.63, 3.8) is 0 Å². The molecule has 5 atom stereocenters. The van der Waals surface area contributed by atoms with Crippen LogP contribution in [-0.2, 0) is 6.18 Å². The summed E-state index contributed by atoms with van der Waals surface area (Å²) in [5, 5.41) is 6.18. The number of alkyl halides is 3. The Morgan fingerprint density at radius 1 is 1.24 bits per heavy atom. The smallest absolute Gasteiger partial charge is 0.335 e. The number of urea groups is 1. The van der Waals surface area contributed by atoms with Gasteiger partial charge in [0.1, 0.15) is 0 Å². The minimum Gasteiger partial charge on any atom is -0.335 e. The monoisotopic (exact) mass is 425 g/mol. The molecule has 2 bridgehead atoms. The number of carbonyl (C=O) groups excluding carboxylic acids is 1. The van der Waals surface area contributed by atoms with Gasteiger partial charge in [0.15, 0.2) is 5.13 Å². The summed E-state index contributed by atoms with van der Waals surface area (Å²) in [6.45, 7) is 4.44. The van der Waals surface area contributed by atoms with Gasteiger partial charge >= 0.3 is 12.2 Å². The molecular formula is C21H26F3N3OS. The molecule has 0 spiro atoms. The van der Waals surface area contributed by atoms with E-state index in [4.69, 9.17) is 0 Å². The van der Waals surface area contributed by atoms with E-state index in [1.807, 2.05) is 0 Å². The van der Waals surface area contributed by atoms with Crippen molar-refractivity contribution < 1.29 is 18.0 Å². The molecular weight excluding hydrogens is 399 g/mol. The quantitative estimate of drug-likeness (QED) is 0.607. The fourth-order valence-electron chi connectivity index (χ4n) is 5.27. The Hall–Kier alpha value is -1.83. The molecule has 158 valence electrons. The number of fused-ring (bicyclic) bond motifs is 3. The predicted molar refractivity (Wildman–Crippen MR) is 109 cm³/mol. The highest BCUT2D eigenvalue weighted by atomic mass is 32.1. The molecule has 2 N–H and O–H groups in total. The molecule has 2 fully saturated rings.